The lowest BCUT2D eigenvalue weighted by molar-refractivity contribution is -0.120. The van der Waals surface area contributed by atoms with Crippen LogP contribution in [-0.2, 0) is 35.5 Å². The third kappa shape index (κ3) is 7.08. The third-order valence-corrected chi connectivity index (χ3v) is 6.02. The van der Waals surface area contributed by atoms with Crippen LogP contribution in [0.1, 0.15) is 30.8 Å². The molecule has 3 rings (SSSR count). The van der Waals surface area contributed by atoms with E-state index in [0.29, 0.717) is 17.5 Å². The minimum Gasteiger partial charge on any atom is -0.497 e. The van der Waals surface area contributed by atoms with Gasteiger partial charge in [-0.3, -0.25) is 9.59 Å². The number of hydrogen-bond donors (Lipinski definition) is 2. The van der Waals surface area contributed by atoms with E-state index >= 15 is 0 Å². The van der Waals surface area contributed by atoms with Crippen LogP contribution in [0.25, 0.3) is 0 Å². The molecule has 9 heteroatoms. The first-order chi connectivity index (χ1) is 16.0. The largest absolute Gasteiger partial charge is 0.497 e. The van der Waals surface area contributed by atoms with E-state index in [1.54, 1.807) is 7.11 Å². The summed E-state index contributed by atoms with van der Waals surface area (Å²) in [7, 11) is 1.61. The van der Waals surface area contributed by atoms with Gasteiger partial charge in [0.15, 0.2) is 11.0 Å². The monoisotopic (exact) mass is 467 g/mol. The van der Waals surface area contributed by atoms with Crippen molar-refractivity contribution >= 4 is 29.3 Å². The minimum atomic E-state index is -0.107. The maximum Gasteiger partial charge on any atom is 0.234 e. The lowest BCUT2D eigenvalue weighted by Crippen LogP contribution is -2.26. The first-order valence-corrected chi connectivity index (χ1v) is 11.8. The molecule has 0 radical (unpaired) electrons. The van der Waals surface area contributed by atoms with Crippen LogP contribution in [0.5, 0.6) is 5.75 Å². The van der Waals surface area contributed by atoms with Crippen LogP contribution in [0, 0.1) is 0 Å². The van der Waals surface area contributed by atoms with Gasteiger partial charge >= 0.3 is 0 Å². The summed E-state index contributed by atoms with van der Waals surface area (Å²) < 4.78 is 7.04. The number of aryl methyl sites for hydroxylation is 1. The first-order valence-electron chi connectivity index (χ1n) is 10.9. The fraction of sp³-hybridized carbons (Fsp3) is 0.333. The van der Waals surface area contributed by atoms with Gasteiger partial charge in [-0.05, 0) is 48.7 Å². The van der Waals surface area contributed by atoms with E-state index in [4.69, 9.17) is 4.74 Å². The van der Waals surface area contributed by atoms with Gasteiger partial charge in [-0.15, -0.1) is 10.2 Å². The van der Waals surface area contributed by atoms with Crippen LogP contribution in [0.4, 0.5) is 5.69 Å². The highest BCUT2D eigenvalue weighted by Crippen LogP contribution is 2.18. The smallest absolute Gasteiger partial charge is 0.234 e. The minimum absolute atomic E-state index is 0.103. The molecule has 3 aromatic rings. The Bertz CT molecular complexity index is 982. The van der Waals surface area contributed by atoms with Crippen LogP contribution >= 0.6 is 11.8 Å². The fourth-order valence-electron chi connectivity index (χ4n) is 3.19. The maximum atomic E-state index is 12.3. The van der Waals surface area contributed by atoms with Gasteiger partial charge in [0.05, 0.1) is 25.8 Å². The molecule has 0 saturated heterocycles. The summed E-state index contributed by atoms with van der Waals surface area (Å²) in [5.41, 5.74) is 2.90. The number of ether oxygens (including phenoxy) is 1. The number of nitrogens with zero attached hydrogens (tertiary/aromatic N) is 3. The number of aromatic nitrogens is 3. The highest BCUT2D eigenvalue weighted by atomic mass is 32.2. The molecule has 0 aliphatic rings. The topological polar surface area (TPSA) is 98.1 Å². The molecule has 0 aliphatic heterocycles. The Morgan fingerprint density at radius 3 is 2.30 bits per heavy atom. The Morgan fingerprint density at radius 1 is 0.970 bits per heavy atom. The van der Waals surface area contributed by atoms with Crippen molar-refractivity contribution in [3.05, 3.63) is 65.5 Å². The van der Waals surface area contributed by atoms with E-state index in [9.17, 15) is 9.59 Å². The molecular formula is C24H29N5O3S. The molecule has 1 aromatic heterocycles. The van der Waals surface area contributed by atoms with Crippen LogP contribution in [0.15, 0.2) is 53.7 Å². The van der Waals surface area contributed by atoms with E-state index in [0.717, 1.165) is 23.4 Å². The van der Waals surface area contributed by atoms with Crippen molar-refractivity contribution in [1.82, 2.24) is 20.1 Å². The maximum absolute atomic E-state index is 12.3. The van der Waals surface area contributed by atoms with Gasteiger partial charge in [-0.25, -0.2) is 0 Å². The quantitative estimate of drug-likeness (QED) is 0.419. The van der Waals surface area contributed by atoms with Gasteiger partial charge in [0.25, 0.3) is 0 Å². The number of benzene rings is 2. The molecule has 2 amide bonds. The SMILES string of the molecule is CCc1ccc(NC(=O)CSc2nnc(CNC(=O)Cc3ccc(OC)cc3)n2CC)cc1. The number of carbonyl (C=O) groups excluding carboxylic acids is 2. The van der Waals surface area contributed by atoms with Crippen molar-refractivity contribution in [1.29, 1.82) is 0 Å². The average molecular weight is 468 g/mol. The molecule has 33 heavy (non-hydrogen) atoms. The average Bonchev–Trinajstić information content (AvgIpc) is 3.24. The summed E-state index contributed by atoms with van der Waals surface area (Å²) in [6.45, 7) is 4.98. The lowest BCUT2D eigenvalue weighted by Gasteiger charge is -2.09. The second kappa shape index (κ2) is 12.1. The zero-order valence-corrected chi connectivity index (χ0v) is 19.9. The predicted molar refractivity (Wildman–Crippen MR) is 129 cm³/mol. The Hall–Kier alpha value is -3.33. The molecule has 0 spiro atoms. The Kier molecular flexibility index (Phi) is 8.88. The second-order valence-electron chi connectivity index (χ2n) is 7.33. The number of amides is 2. The summed E-state index contributed by atoms with van der Waals surface area (Å²) >= 11 is 1.32. The number of methoxy groups -OCH3 is 1. The highest BCUT2D eigenvalue weighted by Gasteiger charge is 2.14. The van der Waals surface area contributed by atoms with Crippen molar-refractivity contribution in [2.24, 2.45) is 0 Å². The Balaban J connectivity index is 1.49. The lowest BCUT2D eigenvalue weighted by atomic mass is 10.1. The van der Waals surface area contributed by atoms with Crippen molar-refractivity contribution in [2.75, 3.05) is 18.2 Å². The fourth-order valence-corrected chi connectivity index (χ4v) is 4.02. The van der Waals surface area contributed by atoms with E-state index in [2.05, 4.69) is 27.8 Å². The highest BCUT2D eigenvalue weighted by molar-refractivity contribution is 7.99. The van der Waals surface area contributed by atoms with Crippen molar-refractivity contribution in [3.63, 3.8) is 0 Å². The van der Waals surface area contributed by atoms with E-state index in [1.165, 1.54) is 17.3 Å². The van der Waals surface area contributed by atoms with E-state index < -0.39 is 0 Å². The summed E-state index contributed by atoms with van der Waals surface area (Å²) in [4.78, 5) is 24.6. The van der Waals surface area contributed by atoms with Crippen LogP contribution < -0.4 is 15.4 Å². The molecule has 8 nitrogen and oxygen atoms in total. The molecule has 0 bridgehead atoms. The second-order valence-corrected chi connectivity index (χ2v) is 8.27. The molecule has 0 atom stereocenters. The number of carbonyl (C=O) groups is 2. The summed E-state index contributed by atoms with van der Waals surface area (Å²) in [5.74, 6) is 1.41. The third-order valence-electron chi connectivity index (χ3n) is 5.06. The van der Waals surface area contributed by atoms with Crippen molar-refractivity contribution < 1.29 is 14.3 Å². The number of rotatable bonds is 11. The Labute approximate surface area is 198 Å². The van der Waals surface area contributed by atoms with Gasteiger partial charge in [0.2, 0.25) is 11.8 Å². The van der Waals surface area contributed by atoms with Crippen molar-refractivity contribution in [3.8, 4) is 5.75 Å². The number of hydrogen-bond acceptors (Lipinski definition) is 6. The van der Waals surface area contributed by atoms with Gasteiger partial charge in [0.1, 0.15) is 5.75 Å². The Morgan fingerprint density at radius 2 is 1.67 bits per heavy atom. The molecule has 0 saturated carbocycles. The van der Waals surface area contributed by atoms with Gasteiger partial charge in [0, 0.05) is 12.2 Å². The molecule has 0 unspecified atom stereocenters. The summed E-state index contributed by atoms with van der Waals surface area (Å²) in [6, 6.07) is 15.2. The van der Waals surface area contributed by atoms with E-state index in [1.807, 2.05) is 60.0 Å². The first kappa shape index (κ1) is 24.3. The zero-order valence-electron chi connectivity index (χ0n) is 19.1. The van der Waals surface area contributed by atoms with Crippen molar-refractivity contribution in [2.45, 2.75) is 44.9 Å². The zero-order chi connectivity index (χ0) is 23.6. The van der Waals surface area contributed by atoms with Gasteiger partial charge in [-0.2, -0.15) is 0 Å². The molecular weight excluding hydrogens is 438 g/mol. The van der Waals surface area contributed by atoms with E-state index in [-0.39, 0.29) is 30.5 Å². The normalized spacial score (nSPS) is 10.6. The van der Waals surface area contributed by atoms with Crippen LogP contribution in [0.2, 0.25) is 0 Å². The molecule has 0 aliphatic carbocycles. The number of nitrogens with one attached hydrogen (secondary N) is 2. The van der Waals surface area contributed by atoms with Gasteiger partial charge in [-0.1, -0.05) is 43.0 Å². The molecule has 2 N–H and O–H groups in total. The molecule has 174 valence electrons. The number of anilines is 1. The molecule has 2 aromatic carbocycles. The summed E-state index contributed by atoms with van der Waals surface area (Å²) in [5, 5.41) is 14.8. The standard InChI is InChI=1S/C24H29N5O3S/c1-4-17-6-10-19(11-7-17)26-23(31)16-33-24-28-27-21(29(24)5-2)15-25-22(30)14-18-8-12-20(32-3)13-9-18/h6-13H,4-5,14-16H2,1-3H3,(H,25,30)(H,26,31). The van der Waals surface area contributed by atoms with Gasteiger partial charge < -0.3 is 19.9 Å². The number of thioether (sulfide) groups is 1. The predicted octanol–water partition coefficient (Wildman–Crippen LogP) is 3.46. The van der Waals surface area contributed by atoms with Crippen LogP contribution in [-0.4, -0.2) is 39.4 Å². The molecule has 1 heterocycles. The van der Waals surface area contributed by atoms with Crippen LogP contribution in [0.3, 0.4) is 0 Å². The molecule has 0 fully saturated rings. The summed E-state index contributed by atoms with van der Waals surface area (Å²) in [6.07, 6.45) is 1.23.